The Hall–Kier alpha value is -3.01. The Bertz CT molecular complexity index is 1490. The van der Waals surface area contributed by atoms with Gasteiger partial charge in [-0.15, -0.1) is 11.3 Å². The van der Waals surface area contributed by atoms with Crippen molar-refractivity contribution >= 4 is 49.9 Å². The summed E-state index contributed by atoms with van der Waals surface area (Å²) in [7, 11) is 1.85. The molecule has 1 atom stereocenters. The summed E-state index contributed by atoms with van der Waals surface area (Å²) in [6, 6.07) is 5.04. The molecule has 0 radical (unpaired) electrons. The first kappa shape index (κ1) is 20.6. The van der Waals surface area contributed by atoms with Crippen LogP contribution in [0.15, 0.2) is 36.0 Å². The second kappa shape index (κ2) is 7.79. The number of H-pyrrole nitrogens is 1. The zero-order valence-corrected chi connectivity index (χ0v) is 19.5. The molecule has 0 bridgehead atoms. The van der Waals surface area contributed by atoms with Gasteiger partial charge in [0.1, 0.15) is 5.82 Å². The molecule has 1 N–H and O–H groups in total. The number of hydrogen-bond acceptors (Lipinski definition) is 6. The standard InChI is InChI=1S/C23H20ClFN6OS/c1-12-10-32-6-5-31(12)23-21-19(16(11-33-21)20-17(24)9-27-30(20)2)28-22(29-23)15-7-13(25)8-18-14(15)3-4-26-18/h3-4,7-9,11-12,26H,5-6,10H2,1-2H3/t12-/m1/s1. The van der Waals surface area contributed by atoms with Crippen LogP contribution < -0.4 is 4.90 Å². The highest BCUT2D eigenvalue weighted by Crippen LogP contribution is 2.42. The summed E-state index contributed by atoms with van der Waals surface area (Å²) in [6.07, 6.45) is 3.42. The lowest BCUT2D eigenvalue weighted by atomic mass is 10.1. The van der Waals surface area contributed by atoms with Gasteiger partial charge in [-0.1, -0.05) is 11.6 Å². The summed E-state index contributed by atoms with van der Waals surface area (Å²) in [6.45, 7) is 4.08. The van der Waals surface area contributed by atoms with Gasteiger partial charge in [-0.2, -0.15) is 5.10 Å². The third kappa shape index (κ3) is 3.30. The predicted octanol–water partition coefficient (Wildman–Crippen LogP) is 5.26. The molecule has 1 fully saturated rings. The topological polar surface area (TPSA) is 71.9 Å². The van der Waals surface area contributed by atoms with E-state index in [1.807, 2.05) is 18.5 Å². The Morgan fingerprint density at radius 3 is 2.94 bits per heavy atom. The zero-order valence-electron chi connectivity index (χ0n) is 18.0. The lowest BCUT2D eigenvalue weighted by Gasteiger charge is -2.34. The van der Waals surface area contributed by atoms with Crippen molar-refractivity contribution in [3.05, 3.63) is 46.8 Å². The maximum atomic E-state index is 14.5. The molecule has 6 rings (SSSR count). The van der Waals surface area contributed by atoms with Crippen molar-refractivity contribution in [1.82, 2.24) is 24.7 Å². The number of thiophene rings is 1. The van der Waals surface area contributed by atoms with Gasteiger partial charge in [-0.25, -0.2) is 14.4 Å². The average molecular weight is 483 g/mol. The van der Waals surface area contributed by atoms with E-state index in [1.165, 1.54) is 12.1 Å². The number of halogens is 2. The van der Waals surface area contributed by atoms with Crippen molar-refractivity contribution in [2.24, 2.45) is 7.05 Å². The van der Waals surface area contributed by atoms with Crippen LogP contribution in [0.25, 0.3) is 43.8 Å². The molecule has 0 spiro atoms. The maximum absolute atomic E-state index is 14.5. The molecule has 1 aliphatic rings. The van der Waals surface area contributed by atoms with Gasteiger partial charge in [0.15, 0.2) is 11.6 Å². The summed E-state index contributed by atoms with van der Waals surface area (Å²) < 4.78 is 22.9. The number of ether oxygens (including phenoxy) is 1. The van der Waals surface area contributed by atoms with E-state index in [-0.39, 0.29) is 11.9 Å². The minimum Gasteiger partial charge on any atom is -0.377 e. The van der Waals surface area contributed by atoms with Crippen LogP contribution in [0.3, 0.4) is 0 Å². The minimum atomic E-state index is -0.342. The van der Waals surface area contributed by atoms with Gasteiger partial charge in [0.05, 0.1) is 46.4 Å². The second-order valence-corrected chi connectivity index (χ2v) is 9.46. The highest BCUT2D eigenvalue weighted by molar-refractivity contribution is 7.18. The summed E-state index contributed by atoms with van der Waals surface area (Å²) in [5.74, 6) is 0.955. The molecule has 0 amide bonds. The van der Waals surface area contributed by atoms with Gasteiger partial charge in [0.25, 0.3) is 0 Å². The van der Waals surface area contributed by atoms with E-state index in [1.54, 1.807) is 28.4 Å². The molecular weight excluding hydrogens is 463 g/mol. The van der Waals surface area contributed by atoms with E-state index in [4.69, 9.17) is 26.3 Å². The summed E-state index contributed by atoms with van der Waals surface area (Å²) in [5, 5.41) is 7.76. The fraction of sp³-hybridized carbons (Fsp3) is 0.261. The van der Waals surface area contributed by atoms with Crippen LogP contribution in [0.1, 0.15) is 6.92 Å². The Morgan fingerprint density at radius 2 is 2.15 bits per heavy atom. The molecule has 1 aliphatic heterocycles. The monoisotopic (exact) mass is 482 g/mol. The molecular formula is C23H20ClFN6OS. The van der Waals surface area contributed by atoms with E-state index in [2.05, 4.69) is 21.9 Å². The number of nitrogens with one attached hydrogen (secondary N) is 1. The molecule has 1 saturated heterocycles. The van der Waals surface area contributed by atoms with Crippen LogP contribution in [-0.2, 0) is 11.8 Å². The Morgan fingerprint density at radius 1 is 1.27 bits per heavy atom. The Labute approximate surface area is 197 Å². The van der Waals surface area contributed by atoms with Gasteiger partial charge in [0, 0.05) is 47.2 Å². The second-order valence-electron chi connectivity index (χ2n) is 8.17. The Balaban J connectivity index is 1.66. The number of aromatic nitrogens is 5. The first-order chi connectivity index (χ1) is 16.0. The highest BCUT2D eigenvalue weighted by atomic mass is 35.5. The number of morpholine rings is 1. The van der Waals surface area contributed by atoms with E-state index in [0.29, 0.717) is 35.1 Å². The lowest BCUT2D eigenvalue weighted by Crippen LogP contribution is -2.44. The smallest absolute Gasteiger partial charge is 0.163 e. The molecule has 5 heterocycles. The normalized spacial score (nSPS) is 16.8. The third-order valence-electron chi connectivity index (χ3n) is 6.06. The molecule has 0 aliphatic carbocycles. The molecule has 4 aromatic heterocycles. The Kier molecular flexibility index (Phi) is 4.86. The van der Waals surface area contributed by atoms with E-state index in [9.17, 15) is 4.39 Å². The number of benzene rings is 1. The number of aromatic amines is 1. The number of nitrogens with zero attached hydrogens (tertiary/aromatic N) is 5. The van der Waals surface area contributed by atoms with Crippen molar-refractivity contribution in [3.8, 4) is 22.6 Å². The van der Waals surface area contributed by atoms with Gasteiger partial charge >= 0.3 is 0 Å². The van der Waals surface area contributed by atoms with Crippen molar-refractivity contribution < 1.29 is 9.13 Å². The number of rotatable bonds is 3. The predicted molar refractivity (Wildman–Crippen MR) is 130 cm³/mol. The minimum absolute atomic E-state index is 0.148. The molecule has 5 aromatic rings. The van der Waals surface area contributed by atoms with Crippen LogP contribution in [-0.4, -0.2) is 50.5 Å². The van der Waals surface area contributed by atoms with Gasteiger partial charge < -0.3 is 14.6 Å². The van der Waals surface area contributed by atoms with Crippen molar-refractivity contribution in [2.45, 2.75) is 13.0 Å². The van der Waals surface area contributed by atoms with Crippen LogP contribution >= 0.6 is 22.9 Å². The SMILES string of the molecule is C[C@@H]1COCCN1c1nc(-c2cc(F)cc3[nH]ccc23)nc2c(-c3c(Cl)cnn3C)csc12. The molecule has 7 nitrogen and oxygen atoms in total. The molecule has 168 valence electrons. The maximum Gasteiger partial charge on any atom is 0.163 e. The van der Waals surface area contributed by atoms with E-state index >= 15 is 0 Å². The molecule has 0 unspecified atom stereocenters. The van der Waals surface area contributed by atoms with E-state index < -0.39 is 0 Å². The van der Waals surface area contributed by atoms with Gasteiger partial charge in [-0.3, -0.25) is 4.68 Å². The highest BCUT2D eigenvalue weighted by Gasteiger charge is 2.27. The van der Waals surface area contributed by atoms with Crippen LogP contribution in [0.5, 0.6) is 0 Å². The van der Waals surface area contributed by atoms with Crippen molar-refractivity contribution in [1.29, 1.82) is 0 Å². The number of fused-ring (bicyclic) bond motifs is 2. The number of aryl methyl sites for hydroxylation is 1. The molecule has 10 heteroatoms. The van der Waals surface area contributed by atoms with Gasteiger partial charge in [-0.05, 0) is 25.1 Å². The van der Waals surface area contributed by atoms with Crippen LogP contribution in [0.2, 0.25) is 5.02 Å². The van der Waals surface area contributed by atoms with Crippen LogP contribution in [0, 0.1) is 5.82 Å². The summed E-state index contributed by atoms with van der Waals surface area (Å²) in [5.41, 5.74) is 3.79. The number of hydrogen-bond donors (Lipinski definition) is 1. The van der Waals surface area contributed by atoms with Gasteiger partial charge in [0.2, 0.25) is 0 Å². The molecule has 0 saturated carbocycles. The fourth-order valence-electron chi connectivity index (χ4n) is 4.46. The quantitative estimate of drug-likeness (QED) is 0.380. The molecule has 1 aromatic carbocycles. The fourth-order valence-corrected chi connectivity index (χ4v) is 5.72. The largest absolute Gasteiger partial charge is 0.377 e. The van der Waals surface area contributed by atoms with Crippen molar-refractivity contribution in [3.63, 3.8) is 0 Å². The average Bonchev–Trinajstić information content (AvgIpc) is 3.51. The molecule has 33 heavy (non-hydrogen) atoms. The zero-order chi connectivity index (χ0) is 22.7. The summed E-state index contributed by atoms with van der Waals surface area (Å²) in [4.78, 5) is 15.3. The summed E-state index contributed by atoms with van der Waals surface area (Å²) >= 11 is 8.06. The van der Waals surface area contributed by atoms with E-state index in [0.717, 1.165) is 39.2 Å². The van der Waals surface area contributed by atoms with Crippen LogP contribution in [0.4, 0.5) is 10.2 Å². The first-order valence-electron chi connectivity index (χ1n) is 10.6. The van der Waals surface area contributed by atoms with Crippen molar-refractivity contribution in [2.75, 3.05) is 24.7 Å². The third-order valence-corrected chi connectivity index (χ3v) is 7.30. The number of anilines is 1. The lowest BCUT2D eigenvalue weighted by molar-refractivity contribution is 0.0987. The first-order valence-corrected chi connectivity index (χ1v) is 11.9.